The highest BCUT2D eigenvalue weighted by molar-refractivity contribution is 7.17. The van der Waals surface area contributed by atoms with Gasteiger partial charge in [0, 0.05) is 20.0 Å². The lowest BCUT2D eigenvalue weighted by atomic mass is 10.0. The highest BCUT2D eigenvalue weighted by Crippen LogP contribution is 2.31. The Morgan fingerprint density at radius 2 is 2.25 bits per heavy atom. The first kappa shape index (κ1) is 13.2. The Balaban J connectivity index is 1.81. The maximum absolute atomic E-state index is 13.2. The molecule has 0 atom stereocenters. The van der Waals surface area contributed by atoms with Gasteiger partial charge in [0.15, 0.2) is 10.9 Å². The number of aromatic nitrogens is 1. The molecule has 0 aliphatic heterocycles. The van der Waals surface area contributed by atoms with Crippen LogP contribution in [0.15, 0.2) is 24.3 Å². The minimum absolute atomic E-state index is 0.203. The number of aryl methyl sites for hydroxylation is 1. The smallest absolute Gasteiger partial charge is 0.186 e. The van der Waals surface area contributed by atoms with Crippen molar-refractivity contribution in [3.8, 4) is 0 Å². The third-order valence-electron chi connectivity index (χ3n) is 3.39. The summed E-state index contributed by atoms with van der Waals surface area (Å²) >= 11 is 1.45. The predicted octanol–water partition coefficient (Wildman–Crippen LogP) is 3.44. The number of hydrogen-bond donors (Lipinski definition) is 0. The quantitative estimate of drug-likeness (QED) is 0.868. The summed E-state index contributed by atoms with van der Waals surface area (Å²) in [5, 5.41) is 0.828. The minimum atomic E-state index is -0.232. The van der Waals surface area contributed by atoms with Crippen LogP contribution >= 0.6 is 11.3 Å². The van der Waals surface area contributed by atoms with Crippen molar-refractivity contribution in [3.05, 3.63) is 46.2 Å². The van der Waals surface area contributed by atoms with Crippen LogP contribution in [-0.4, -0.2) is 17.8 Å². The molecule has 0 bridgehead atoms. The maximum atomic E-state index is 13.2. The van der Waals surface area contributed by atoms with Gasteiger partial charge in [-0.15, -0.1) is 0 Å². The highest BCUT2D eigenvalue weighted by atomic mass is 32.1. The number of anilines is 1. The molecule has 0 fully saturated rings. The molecule has 0 saturated carbocycles. The van der Waals surface area contributed by atoms with Gasteiger partial charge in [-0.2, -0.15) is 0 Å². The SMILES string of the molecule is CN(Cc1cccc(F)c1)c1nc2c(s1)C(=O)CCC2. The number of carbonyl (C=O) groups is 1. The van der Waals surface area contributed by atoms with Crippen molar-refractivity contribution in [3.63, 3.8) is 0 Å². The molecule has 0 saturated heterocycles. The number of Topliss-reactive ketones (excluding diaryl/α,β-unsaturated/α-hetero) is 1. The second-order valence-electron chi connectivity index (χ2n) is 5.03. The number of fused-ring (bicyclic) bond motifs is 1. The van der Waals surface area contributed by atoms with E-state index in [2.05, 4.69) is 4.98 Å². The summed E-state index contributed by atoms with van der Waals surface area (Å²) in [7, 11) is 1.92. The van der Waals surface area contributed by atoms with Gasteiger partial charge in [-0.25, -0.2) is 9.37 Å². The Morgan fingerprint density at radius 1 is 1.40 bits per heavy atom. The molecule has 1 aromatic heterocycles. The van der Waals surface area contributed by atoms with E-state index in [0.29, 0.717) is 13.0 Å². The number of nitrogens with zero attached hydrogens (tertiary/aromatic N) is 2. The molecule has 5 heteroatoms. The molecule has 1 heterocycles. The van der Waals surface area contributed by atoms with E-state index in [0.717, 1.165) is 34.1 Å². The van der Waals surface area contributed by atoms with Crippen LogP contribution in [0.3, 0.4) is 0 Å². The molecular formula is C15H15FN2OS. The fourth-order valence-corrected chi connectivity index (χ4v) is 3.44. The monoisotopic (exact) mass is 290 g/mol. The average Bonchev–Trinajstić information content (AvgIpc) is 2.84. The normalized spacial score (nSPS) is 14.2. The van der Waals surface area contributed by atoms with Gasteiger partial charge in [0.05, 0.1) is 10.6 Å². The third kappa shape index (κ3) is 2.58. The second-order valence-corrected chi connectivity index (χ2v) is 6.01. The zero-order chi connectivity index (χ0) is 14.1. The molecule has 3 nitrogen and oxygen atoms in total. The van der Waals surface area contributed by atoms with Crippen molar-refractivity contribution in [1.82, 2.24) is 4.98 Å². The Kier molecular flexibility index (Phi) is 3.53. The van der Waals surface area contributed by atoms with E-state index in [-0.39, 0.29) is 11.6 Å². The fraction of sp³-hybridized carbons (Fsp3) is 0.333. The van der Waals surface area contributed by atoms with Gasteiger partial charge in [-0.05, 0) is 30.5 Å². The van der Waals surface area contributed by atoms with Crippen LogP contribution < -0.4 is 4.90 Å². The van der Waals surface area contributed by atoms with Crippen molar-refractivity contribution >= 4 is 22.3 Å². The Hall–Kier alpha value is -1.75. The molecule has 0 N–H and O–H groups in total. The maximum Gasteiger partial charge on any atom is 0.186 e. The molecule has 0 amide bonds. The van der Waals surface area contributed by atoms with Gasteiger partial charge >= 0.3 is 0 Å². The molecule has 104 valence electrons. The molecule has 1 aliphatic carbocycles. The Bertz CT molecular complexity index is 653. The molecule has 0 radical (unpaired) electrons. The molecule has 0 spiro atoms. The van der Waals surface area contributed by atoms with Crippen LogP contribution in [0.4, 0.5) is 9.52 Å². The summed E-state index contributed by atoms with van der Waals surface area (Å²) in [6.07, 6.45) is 2.40. The molecule has 1 aromatic carbocycles. The van der Waals surface area contributed by atoms with Gasteiger partial charge < -0.3 is 4.90 Å². The number of rotatable bonds is 3. The summed E-state index contributed by atoms with van der Waals surface area (Å²) in [5.74, 6) is -0.0290. The van der Waals surface area contributed by atoms with Crippen LogP contribution in [0.5, 0.6) is 0 Å². The topological polar surface area (TPSA) is 33.2 Å². The summed E-state index contributed by atoms with van der Waals surface area (Å²) in [5.41, 5.74) is 1.82. The van der Waals surface area contributed by atoms with Crippen LogP contribution in [0.25, 0.3) is 0 Å². The van der Waals surface area contributed by atoms with Gasteiger partial charge in [0.25, 0.3) is 0 Å². The van der Waals surface area contributed by atoms with Crippen LogP contribution in [0.1, 0.15) is 33.8 Å². The van der Waals surface area contributed by atoms with Gasteiger partial charge in [-0.3, -0.25) is 4.79 Å². The predicted molar refractivity (Wildman–Crippen MR) is 77.9 cm³/mol. The minimum Gasteiger partial charge on any atom is -0.347 e. The van der Waals surface area contributed by atoms with Crippen molar-refractivity contribution in [1.29, 1.82) is 0 Å². The molecule has 20 heavy (non-hydrogen) atoms. The van der Waals surface area contributed by atoms with E-state index in [1.807, 2.05) is 18.0 Å². The van der Waals surface area contributed by atoms with Crippen molar-refractivity contribution in [2.45, 2.75) is 25.8 Å². The van der Waals surface area contributed by atoms with E-state index in [9.17, 15) is 9.18 Å². The van der Waals surface area contributed by atoms with Gasteiger partial charge in [-0.1, -0.05) is 23.5 Å². The summed E-state index contributed by atoms with van der Waals surface area (Å²) in [4.78, 5) is 19.1. The second kappa shape index (κ2) is 5.32. The third-order valence-corrected chi connectivity index (χ3v) is 4.65. The number of carbonyl (C=O) groups excluding carboxylic acids is 1. The number of ketones is 1. The lowest BCUT2D eigenvalue weighted by molar-refractivity contribution is 0.0976. The average molecular weight is 290 g/mol. The van der Waals surface area contributed by atoms with E-state index in [4.69, 9.17) is 0 Å². The van der Waals surface area contributed by atoms with Gasteiger partial charge in [0.2, 0.25) is 0 Å². The molecular weight excluding hydrogens is 275 g/mol. The lowest BCUT2D eigenvalue weighted by Gasteiger charge is -2.15. The number of hydrogen-bond acceptors (Lipinski definition) is 4. The van der Waals surface area contributed by atoms with Gasteiger partial charge in [0.1, 0.15) is 5.82 Å². The van der Waals surface area contributed by atoms with E-state index in [1.165, 1.54) is 23.5 Å². The first-order valence-corrected chi connectivity index (χ1v) is 7.43. The van der Waals surface area contributed by atoms with Crippen LogP contribution in [0.2, 0.25) is 0 Å². The van der Waals surface area contributed by atoms with E-state index < -0.39 is 0 Å². The fourth-order valence-electron chi connectivity index (χ4n) is 2.40. The number of thiazole rings is 1. The Labute approximate surface area is 121 Å². The van der Waals surface area contributed by atoms with Crippen molar-refractivity contribution in [2.24, 2.45) is 0 Å². The summed E-state index contributed by atoms with van der Waals surface area (Å²) in [6, 6.07) is 6.55. The molecule has 1 aliphatic rings. The number of halogens is 1. The van der Waals surface area contributed by atoms with E-state index in [1.54, 1.807) is 6.07 Å². The molecule has 2 aromatic rings. The molecule has 3 rings (SSSR count). The van der Waals surface area contributed by atoms with Crippen molar-refractivity contribution in [2.75, 3.05) is 11.9 Å². The lowest BCUT2D eigenvalue weighted by Crippen LogP contribution is -2.16. The standard InChI is InChI=1S/C15H15FN2OS/c1-18(9-10-4-2-5-11(16)8-10)15-17-12-6-3-7-13(19)14(12)20-15/h2,4-5,8H,3,6-7,9H2,1H3. The Morgan fingerprint density at radius 3 is 3.00 bits per heavy atom. The zero-order valence-electron chi connectivity index (χ0n) is 11.2. The van der Waals surface area contributed by atoms with Crippen LogP contribution in [0, 0.1) is 5.82 Å². The largest absolute Gasteiger partial charge is 0.347 e. The number of benzene rings is 1. The first-order chi connectivity index (χ1) is 9.63. The first-order valence-electron chi connectivity index (χ1n) is 6.62. The van der Waals surface area contributed by atoms with E-state index >= 15 is 0 Å². The molecule has 0 unspecified atom stereocenters. The highest BCUT2D eigenvalue weighted by Gasteiger charge is 2.23. The van der Waals surface area contributed by atoms with Crippen LogP contribution in [-0.2, 0) is 13.0 Å². The summed E-state index contributed by atoms with van der Waals surface area (Å²) < 4.78 is 13.2. The summed E-state index contributed by atoms with van der Waals surface area (Å²) in [6.45, 7) is 0.582. The zero-order valence-corrected chi connectivity index (χ0v) is 12.0. The van der Waals surface area contributed by atoms with Crippen molar-refractivity contribution < 1.29 is 9.18 Å².